The first-order valence-electron chi connectivity index (χ1n) is 8.19. The fourth-order valence-electron chi connectivity index (χ4n) is 2.49. The first-order chi connectivity index (χ1) is 11.3. The fraction of sp³-hybridized carbons (Fsp3) is 0.500. The molecule has 0 saturated heterocycles. The number of carbonyl (C=O) groups is 3. The predicted molar refractivity (Wildman–Crippen MR) is 91.4 cm³/mol. The fourth-order valence-corrected chi connectivity index (χ4v) is 2.49. The van der Waals surface area contributed by atoms with Gasteiger partial charge in [-0.1, -0.05) is 13.8 Å². The Morgan fingerprint density at radius 3 is 2.67 bits per heavy atom. The Labute approximate surface area is 142 Å². The highest BCUT2D eigenvalue weighted by Gasteiger charge is 2.33. The molecule has 1 aromatic carbocycles. The van der Waals surface area contributed by atoms with Gasteiger partial charge in [0, 0.05) is 12.1 Å². The number of rotatable bonds is 6. The SMILES string of the molecule is CC(=O)c1ccc2c(c1)N(CC(=O)NCCC(C)C)C(=O)C(C)O2. The number of fused-ring (bicyclic) bond motifs is 1. The molecule has 1 N–H and O–H groups in total. The van der Waals surface area contributed by atoms with E-state index in [2.05, 4.69) is 19.2 Å². The molecule has 1 aliphatic rings. The van der Waals surface area contributed by atoms with Gasteiger partial charge in [0.1, 0.15) is 12.3 Å². The summed E-state index contributed by atoms with van der Waals surface area (Å²) < 4.78 is 5.57. The lowest BCUT2D eigenvalue weighted by Gasteiger charge is -2.32. The van der Waals surface area contributed by atoms with Gasteiger partial charge in [0.2, 0.25) is 5.91 Å². The minimum absolute atomic E-state index is 0.0843. The minimum atomic E-state index is -0.663. The lowest BCUT2D eigenvalue weighted by atomic mass is 10.1. The molecular weight excluding hydrogens is 308 g/mol. The summed E-state index contributed by atoms with van der Waals surface area (Å²) in [6.45, 7) is 7.76. The Hall–Kier alpha value is -2.37. The van der Waals surface area contributed by atoms with Crippen molar-refractivity contribution >= 4 is 23.3 Å². The smallest absolute Gasteiger partial charge is 0.268 e. The van der Waals surface area contributed by atoms with Crippen LogP contribution >= 0.6 is 0 Å². The summed E-state index contributed by atoms with van der Waals surface area (Å²) in [5, 5.41) is 2.82. The van der Waals surface area contributed by atoms with Gasteiger partial charge in [-0.2, -0.15) is 0 Å². The number of hydrogen-bond acceptors (Lipinski definition) is 4. The van der Waals surface area contributed by atoms with Gasteiger partial charge in [0.15, 0.2) is 11.9 Å². The number of hydrogen-bond donors (Lipinski definition) is 1. The first-order valence-corrected chi connectivity index (χ1v) is 8.19. The number of nitrogens with zero attached hydrogens (tertiary/aromatic N) is 1. The van der Waals surface area contributed by atoms with Crippen LogP contribution < -0.4 is 15.0 Å². The molecule has 0 aliphatic carbocycles. The maximum Gasteiger partial charge on any atom is 0.268 e. The molecule has 130 valence electrons. The van der Waals surface area contributed by atoms with Crippen LogP contribution in [0.5, 0.6) is 5.75 Å². The minimum Gasteiger partial charge on any atom is -0.479 e. The topological polar surface area (TPSA) is 75.7 Å². The second-order valence-corrected chi connectivity index (χ2v) is 6.46. The number of carbonyl (C=O) groups excluding carboxylic acids is 3. The molecule has 6 heteroatoms. The van der Waals surface area contributed by atoms with E-state index in [1.807, 2.05) is 0 Å². The van der Waals surface area contributed by atoms with E-state index in [0.717, 1.165) is 6.42 Å². The van der Waals surface area contributed by atoms with E-state index in [9.17, 15) is 14.4 Å². The van der Waals surface area contributed by atoms with Crippen molar-refractivity contribution in [3.63, 3.8) is 0 Å². The molecule has 6 nitrogen and oxygen atoms in total. The molecule has 1 heterocycles. The Bertz CT molecular complexity index is 654. The van der Waals surface area contributed by atoms with Crippen molar-refractivity contribution in [3.8, 4) is 5.75 Å². The molecule has 0 saturated carbocycles. The van der Waals surface area contributed by atoms with Crippen LogP contribution in [0.3, 0.4) is 0 Å². The van der Waals surface area contributed by atoms with Gasteiger partial charge in [0.05, 0.1) is 5.69 Å². The third-order valence-corrected chi connectivity index (χ3v) is 3.92. The van der Waals surface area contributed by atoms with Crippen LogP contribution in [0.2, 0.25) is 0 Å². The standard InChI is InChI=1S/C18H24N2O4/c1-11(2)7-8-19-17(22)10-20-15-9-14(12(3)21)5-6-16(15)24-13(4)18(20)23/h5-6,9,11,13H,7-8,10H2,1-4H3,(H,19,22). The van der Waals surface area contributed by atoms with E-state index in [1.54, 1.807) is 25.1 Å². The average molecular weight is 332 g/mol. The molecule has 2 amide bonds. The molecule has 1 unspecified atom stereocenters. The van der Waals surface area contributed by atoms with Crippen LogP contribution in [0.25, 0.3) is 0 Å². The van der Waals surface area contributed by atoms with Gasteiger partial charge in [-0.25, -0.2) is 0 Å². The summed E-state index contributed by atoms with van der Waals surface area (Å²) in [4.78, 5) is 37.6. The first kappa shape index (κ1) is 18.0. The summed E-state index contributed by atoms with van der Waals surface area (Å²) in [6.07, 6.45) is 0.216. The molecule has 0 bridgehead atoms. The number of nitrogens with one attached hydrogen (secondary N) is 1. The molecule has 1 aliphatic heterocycles. The van der Waals surface area contributed by atoms with Crippen molar-refractivity contribution in [1.82, 2.24) is 5.32 Å². The monoisotopic (exact) mass is 332 g/mol. The molecule has 2 rings (SSSR count). The molecule has 24 heavy (non-hydrogen) atoms. The van der Waals surface area contributed by atoms with Crippen LogP contribution in [0.4, 0.5) is 5.69 Å². The van der Waals surface area contributed by atoms with Crippen molar-refractivity contribution in [2.75, 3.05) is 18.0 Å². The van der Waals surface area contributed by atoms with Crippen molar-refractivity contribution < 1.29 is 19.1 Å². The maximum atomic E-state index is 12.4. The number of ketones is 1. The van der Waals surface area contributed by atoms with Crippen molar-refractivity contribution in [1.29, 1.82) is 0 Å². The predicted octanol–water partition coefficient (Wildman–Crippen LogP) is 2.17. The molecule has 1 aromatic rings. The highest BCUT2D eigenvalue weighted by Crippen LogP contribution is 2.34. The third-order valence-electron chi connectivity index (χ3n) is 3.92. The quantitative estimate of drug-likeness (QED) is 0.810. The lowest BCUT2D eigenvalue weighted by Crippen LogP contribution is -2.49. The highest BCUT2D eigenvalue weighted by molar-refractivity contribution is 6.05. The van der Waals surface area contributed by atoms with Gasteiger partial charge in [-0.15, -0.1) is 0 Å². The number of benzene rings is 1. The Morgan fingerprint density at radius 2 is 2.04 bits per heavy atom. The van der Waals surface area contributed by atoms with Gasteiger partial charge < -0.3 is 10.1 Å². The molecule has 0 spiro atoms. The summed E-state index contributed by atoms with van der Waals surface area (Å²) in [5.41, 5.74) is 0.940. The second kappa shape index (κ2) is 7.47. The van der Waals surface area contributed by atoms with Crippen LogP contribution in [0.15, 0.2) is 18.2 Å². The number of amides is 2. The number of Topliss-reactive ketones (excluding diaryl/α,β-unsaturated/α-hetero) is 1. The van der Waals surface area contributed by atoms with Gasteiger partial charge in [-0.05, 0) is 44.4 Å². The van der Waals surface area contributed by atoms with E-state index in [4.69, 9.17) is 4.74 Å². The Kier molecular flexibility index (Phi) is 5.59. The van der Waals surface area contributed by atoms with Crippen LogP contribution in [-0.2, 0) is 9.59 Å². The van der Waals surface area contributed by atoms with Crippen molar-refractivity contribution in [3.05, 3.63) is 23.8 Å². The summed E-state index contributed by atoms with van der Waals surface area (Å²) >= 11 is 0. The summed E-state index contributed by atoms with van der Waals surface area (Å²) in [6, 6.07) is 4.92. The van der Waals surface area contributed by atoms with Crippen molar-refractivity contribution in [2.45, 2.75) is 40.2 Å². The molecule has 1 atom stereocenters. The van der Waals surface area contributed by atoms with Gasteiger partial charge >= 0.3 is 0 Å². The van der Waals surface area contributed by atoms with E-state index in [1.165, 1.54) is 11.8 Å². The zero-order chi connectivity index (χ0) is 17.9. The zero-order valence-electron chi connectivity index (χ0n) is 14.6. The van der Waals surface area contributed by atoms with E-state index < -0.39 is 6.10 Å². The third kappa shape index (κ3) is 4.13. The normalized spacial score (nSPS) is 16.6. The van der Waals surface area contributed by atoms with Crippen LogP contribution in [-0.4, -0.2) is 36.8 Å². The number of ether oxygens (including phenoxy) is 1. The van der Waals surface area contributed by atoms with Crippen LogP contribution in [0.1, 0.15) is 44.5 Å². The largest absolute Gasteiger partial charge is 0.479 e. The summed E-state index contributed by atoms with van der Waals surface area (Å²) in [7, 11) is 0. The van der Waals surface area contributed by atoms with Crippen molar-refractivity contribution in [2.24, 2.45) is 5.92 Å². The lowest BCUT2D eigenvalue weighted by molar-refractivity contribution is -0.128. The zero-order valence-corrected chi connectivity index (χ0v) is 14.6. The van der Waals surface area contributed by atoms with E-state index in [-0.39, 0.29) is 24.1 Å². The summed E-state index contributed by atoms with van der Waals surface area (Å²) in [5.74, 6) is 0.376. The van der Waals surface area contributed by atoms with E-state index >= 15 is 0 Å². The van der Waals surface area contributed by atoms with Gasteiger partial charge in [-0.3, -0.25) is 19.3 Å². The van der Waals surface area contributed by atoms with Gasteiger partial charge in [0.25, 0.3) is 5.91 Å². The maximum absolute atomic E-state index is 12.4. The van der Waals surface area contributed by atoms with E-state index in [0.29, 0.717) is 29.5 Å². The molecule has 0 fully saturated rings. The molecule has 0 radical (unpaired) electrons. The van der Waals surface area contributed by atoms with Crippen LogP contribution in [0, 0.1) is 5.92 Å². The highest BCUT2D eigenvalue weighted by atomic mass is 16.5. The Balaban J connectivity index is 2.19. The molecule has 0 aromatic heterocycles. The molecular formula is C18H24N2O4. The average Bonchev–Trinajstić information content (AvgIpc) is 2.51. The number of anilines is 1. The second-order valence-electron chi connectivity index (χ2n) is 6.46. The Morgan fingerprint density at radius 1 is 1.33 bits per heavy atom.